The second-order valence-electron chi connectivity index (χ2n) is 6.44. The fraction of sp³-hybridized carbons (Fsp3) is 0.647. The highest BCUT2D eigenvalue weighted by Gasteiger charge is 2.33. The van der Waals surface area contributed by atoms with Gasteiger partial charge < -0.3 is 10.1 Å². The summed E-state index contributed by atoms with van der Waals surface area (Å²) >= 11 is 12.4. The van der Waals surface area contributed by atoms with Crippen LogP contribution in [0.5, 0.6) is 5.75 Å². The molecule has 1 N–H and O–H groups in total. The van der Waals surface area contributed by atoms with Gasteiger partial charge in [0.15, 0.2) is 0 Å². The van der Waals surface area contributed by atoms with Crippen LogP contribution in [0.3, 0.4) is 0 Å². The molecular weight excluding hydrogens is 305 g/mol. The Morgan fingerprint density at radius 1 is 1.29 bits per heavy atom. The molecule has 116 valence electrons. The van der Waals surface area contributed by atoms with E-state index in [9.17, 15) is 0 Å². The molecule has 1 atom stereocenters. The first-order valence-electron chi connectivity index (χ1n) is 7.99. The molecule has 3 rings (SSSR count). The number of benzene rings is 1. The lowest BCUT2D eigenvalue weighted by Crippen LogP contribution is -2.36. The van der Waals surface area contributed by atoms with Gasteiger partial charge in [-0.25, -0.2) is 0 Å². The fourth-order valence-corrected chi connectivity index (χ4v) is 4.32. The maximum atomic E-state index is 6.26. The lowest BCUT2D eigenvalue weighted by molar-refractivity contribution is 0.217. The van der Waals surface area contributed by atoms with Gasteiger partial charge in [0.05, 0.1) is 11.6 Å². The molecule has 0 spiro atoms. The maximum absolute atomic E-state index is 6.26. The fourth-order valence-electron chi connectivity index (χ4n) is 3.76. The summed E-state index contributed by atoms with van der Waals surface area (Å²) in [5, 5.41) is 5.07. The third-order valence-corrected chi connectivity index (χ3v) is 5.70. The molecule has 2 nitrogen and oxygen atoms in total. The number of halogens is 2. The highest BCUT2D eigenvalue weighted by molar-refractivity contribution is 6.35. The Labute approximate surface area is 137 Å². The van der Waals surface area contributed by atoms with Crippen LogP contribution in [0.1, 0.15) is 57.1 Å². The molecular formula is C17H23Cl2NO. The van der Waals surface area contributed by atoms with E-state index in [2.05, 4.69) is 12.2 Å². The van der Waals surface area contributed by atoms with Crippen molar-refractivity contribution in [3.05, 3.63) is 27.7 Å². The number of ether oxygens (including phenoxy) is 1. The minimum absolute atomic E-state index is 0.300. The summed E-state index contributed by atoms with van der Waals surface area (Å²) in [4.78, 5) is 0. The number of fused-ring (bicyclic) bond motifs is 1. The van der Waals surface area contributed by atoms with Gasteiger partial charge in [-0.1, -0.05) is 43.0 Å². The standard InChI is InChI=1S/C17H23Cl2NO/c1-2-17(6-3-4-7-17)11-20-15-5-8-21-16-13(15)9-12(18)10-14(16)19/h9-10,15,20H,2-8,11H2,1H3. The molecule has 0 aromatic heterocycles. The molecule has 0 saturated heterocycles. The van der Waals surface area contributed by atoms with Gasteiger partial charge in [-0.15, -0.1) is 0 Å². The molecule has 1 heterocycles. The quantitative estimate of drug-likeness (QED) is 0.801. The monoisotopic (exact) mass is 327 g/mol. The molecule has 21 heavy (non-hydrogen) atoms. The van der Waals surface area contributed by atoms with Crippen LogP contribution in [0, 0.1) is 5.41 Å². The van der Waals surface area contributed by atoms with Crippen LogP contribution in [0.25, 0.3) is 0 Å². The first-order valence-corrected chi connectivity index (χ1v) is 8.74. The molecule has 2 aliphatic rings. The van der Waals surface area contributed by atoms with E-state index in [0.717, 1.165) is 24.3 Å². The molecule has 0 bridgehead atoms. The first kappa shape index (κ1) is 15.5. The van der Waals surface area contributed by atoms with Crippen LogP contribution in [0.15, 0.2) is 12.1 Å². The van der Waals surface area contributed by atoms with Crippen LogP contribution in [0.2, 0.25) is 10.0 Å². The minimum atomic E-state index is 0.300. The second kappa shape index (κ2) is 6.36. The predicted octanol–water partition coefficient (Wildman–Crippen LogP) is 5.38. The van der Waals surface area contributed by atoms with E-state index in [1.807, 2.05) is 6.07 Å². The summed E-state index contributed by atoms with van der Waals surface area (Å²) in [6.07, 6.45) is 7.68. The summed E-state index contributed by atoms with van der Waals surface area (Å²) < 4.78 is 5.73. The van der Waals surface area contributed by atoms with E-state index in [1.165, 1.54) is 32.1 Å². The van der Waals surface area contributed by atoms with Gasteiger partial charge in [0.2, 0.25) is 0 Å². The number of rotatable bonds is 4. The zero-order valence-electron chi connectivity index (χ0n) is 12.6. The van der Waals surface area contributed by atoms with Crippen molar-refractivity contribution < 1.29 is 4.74 Å². The van der Waals surface area contributed by atoms with E-state index < -0.39 is 0 Å². The zero-order chi connectivity index (χ0) is 14.9. The van der Waals surface area contributed by atoms with Crippen LogP contribution in [-0.2, 0) is 0 Å². The Balaban J connectivity index is 1.76. The molecule has 1 aromatic carbocycles. The lowest BCUT2D eigenvalue weighted by Gasteiger charge is -2.33. The highest BCUT2D eigenvalue weighted by atomic mass is 35.5. The van der Waals surface area contributed by atoms with Crippen molar-refractivity contribution in [1.82, 2.24) is 5.32 Å². The van der Waals surface area contributed by atoms with Crippen LogP contribution < -0.4 is 10.1 Å². The average molecular weight is 328 g/mol. The summed E-state index contributed by atoms with van der Waals surface area (Å²) in [6, 6.07) is 4.05. The van der Waals surface area contributed by atoms with Gasteiger partial charge in [0.1, 0.15) is 5.75 Å². The van der Waals surface area contributed by atoms with Crippen LogP contribution in [-0.4, -0.2) is 13.2 Å². The minimum Gasteiger partial charge on any atom is -0.492 e. The van der Waals surface area contributed by atoms with Crippen molar-refractivity contribution in [2.75, 3.05) is 13.2 Å². The third-order valence-electron chi connectivity index (χ3n) is 5.20. The second-order valence-corrected chi connectivity index (χ2v) is 7.28. The number of hydrogen-bond donors (Lipinski definition) is 1. The third kappa shape index (κ3) is 3.18. The zero-order valence-corrected chi connectivity index (χ0v) is 14.1. The smallest absolute Gasteiger partial charge is 0.142 e. The summed E-state index contributed by atoms with van der Waals surface area (Å²) in [5.41, 5.74) is 1.60. The van der Waals surface area contributed by atoms with Crippen molar-refractivity contribution in [2.45, 2.75) is 51.5 Å². The summed E-state index contributed by atoms with van der Waals surface area (Å²) in [6.45, 7) is 4.11. The molecule has 0 amide bonds. The van der Waals surface area contributed by atoms with Crippen molar-refractivity contribution in [3.8, 4) is 5.75 Å². The molecule has 1 saturated carbocycles. The van der Waals surface area contributed by atoms with Crippen molar-refractivity contribution in [2.24, 2.45) is 5.41 Å². The molecule has 1 aliphatic heterocycles. The Bertz CT molecular complexity index is 512. The summed E-state index contributed by atoms with van der Waals surface area (Å²) in [5.74, 6) is 0.807. The number of nitrogens with one attached hydrogen (secondary N) is 1. The van der Waals surface area contributed by atoms with Gasteiger partial charge >= 0.3 is 0 Å². The maximum Gasteiger partial charge on any atom is 0.142 e. The molecule has 1 aliphatic carbocycles. The molecule has 1 fully saturated rings. The van der Waals surface area contributed by atoms with Crippen LogP contribution in [0.4, 0.5) is 0 Å². The van der Waals surface area contributed by atoms with E-state index in [1.54, 1.807) is 6.07 Å². The Kier molecular flexibility index (Phi) is 4.68. The molecule has 1 aromatic rings. The average Bonchev–Trinajstić information content (AvgIpc) is 2.95. The van der Waals surface area contributed by atoms with Gasteiger partial charge in [0, 0.05) is 29.6 Å². The largest absolute Gasteiger partial charge is 0.492 e. The van der Waals surface area contributed by atoms with E-state index in [4.69, 9.17) is 27.9 Å². The lowest BCUT2D eigenvalue weighted by atomic mass is 9.83. The topological polar surface area (TPSA) is 21.3 Å². The first-order chi connectivity index (χ1) is 10.1. The SMILES string of the molecule is CCC1(CNC2CCOc3c(Cl)cc(Cl)cc32)CCCC1. The predicted molar refractivity (Wildman–Crippen MR) is 88.5 cm³/mol. The molecule has 1 unspecified atom stereocenters. The van der Waals surface area contributed by atoms with Gasteiger partial charge in [0.25, 0.3) is 0 Å². The van der Waals surface area contributed by atoms with Crippen molar-refractivity contribution >= 4 is 23.2 Å². The van der Waals surface area contributed by atoms with Gasteiger partial charge in [-0.05, 0) is 36.8 Å². The normalized spacial score (nSPS) is 23.7. The molecule has 4 heteroatoms. The number of hydrogen-bond acceptors (Lipinski definition) is 2. The van der Waals surface area contributed by atoms with E-state index >= 15 is 0 Å². The Hall–Kier alpha value is -0.440. The van der Waals surface area contributed by atoms with Crippen molar-refractivity contribution in [3.63, 3.8) is 0 Å². The van der Waals surface area contributed by atoms with Gasteiger partial charge in [-0.2, -0.15) is 0 Å². The van der Waals surface area contributed by atoms with Crippen molar-refractivity contribution in [1.29, 1.82) is 0 Å². The molecule has 0 radical (unpaired) electrons. The Morgan fingerprint density at radius 2 is 2.05 bits per heavy atom. The summed E-state index contributed by atoms with van der Waals surface area (Å²) in [7, 11) is 0. The Morgan fingerprint density at radius 3 is 2.76 bits per heavy atom. The van der Waals surface area contributed by atoms with Crippen LogP contribution >= 0.6 is 23.2 Å². The highest BCUT2D eigenvalue weighted by Crippen LogP contribution is 2.43. The van der Waals surface area contributed by atoms with E-state index in [-0.39, 0.29) is 0 Å². The van der Waals surface area contributed by atoms with Gasteiger partial charge in [-0.3, -0.25) is 0 Å². The van der Waals surface area contributed by atoms with E-state index in [0.29, 0.717) is 28.1 Å².